The number of nitrogens with two attached hydrogens (primary N) is 1. The van der Waals surface area contributed by atoms with Crippen molar-refractivity contribution in [3.8, 4) is 0 Å². The van der Waals surface area contributed by atoms with E-state index in [0.717, 1.165) is 12.8 Å². The Hall–Kier alpha value is -0.300. The first-order valence-electron chi connectivity index (χ1n) is 4.95. The molecular weight excluding hydrogens is 146 g/mol. The molecule has 1 rings (SSSR count). The number of hydrogen-bond donors (Lipinski definition) is 1. The van der Waals surface area contributed by atoms with Crippen molar-refractivity contribution < 1.29 is 0 Å². The van der Waals surface area contributed by atoms with Crippen molar-refractivity contribution in [2.24, 2.45) is 11.1 Å². The van der Waals surface area contributed by atoms with Gasteiger partial charge in [-0.2, -0.15) is 0 Å². The summed E-state index contributed by atoms with van der Waals surface area (Å²) in [5, 5.41) is 0. The lowest BCUT2D eigenvalue weighted by atomic mass is 9.86. The molecule has 0 spiro atoms. The van der Waals surface area contributed by atoms with Crippen LogP contribution in [-0.4, -0.2) is 6.04 Å². The van der Waals surface area contributed by atoms with Crippen molar-refractivity contribution in [3.05, 3.63) is 11.6 Å². The summed E-state index contributed by atoms with van der Waals surface area (Å²) in [5.74, 6) is 0. The molecule has 0 aliphatic heterocycles. The Morgan fingerprint density at radius 2 is 1.83 bits per heavy atom. The molecule has 0 bridgehead atoms. The molecule has 0 saturated heterocycles. The van der Waals surface area contributed by atoms with Crippen molar-refractivity contribution >= 4 is 0 Å². The van der Waals surface area contributed by atoms with Crippen LogP contribution in [0.3, 0.4) is 0 Å². The van der Waals surface area contributed by atoms with Crippen LogP contribution in [0.5, 0.6) is 0 Å². The molecule has 0 heterocycles. The lowest BCUT2D eigenvalue weighted by Crippen LogP contribution is -2.17. The quantitative estimate of drug-likeness (QED) is 0.554. The fourth-order valence-electron chi connectivity index (χ4n) is 1.36. The third-order valence-electron chi connectivity index (χ3n) is 2.11. The third-order valence-corrected chi connectivity index (χ3v) is 2.11. The normalized spacial score (nSPS) is 22.8. The lowest BCUT2D eigenvalue weighted by Gasteiger charge is -2.20. The summed E-state index contributed by atoms with van der Waals surface area (Å²) in [6.45, 7) is 10.7. The van der Waals surface area contributed by atoms with E-state index in [1.54, 1.807) is 0 Å². The van der Waals surface area contributed by atoms with Crippen molar-refractivity contribution in [3.63, 3.8) is 0 Å². The summed E-state index contributed by atoms with van der Waals surface area (Å²) in [7, 11) is 0. The molecule has 0 saturated carbocycles. The maximum absolute atomic E-state index is 5.77. The molecule has 1 atom stereocenters. The zero-order valence-corrected chi connectivity index (χ0v) is 9.15. The Balaban J connectivity index is 0.000000561. The van der Waals surface area contributed by atoms with Crippen molar-refractivity contribution in [1.82, 2.24) is 0 Å². The first-order chi connectivity index (χ1) is 5.50. The molecule has 72 valence electrons. The monoisotopic (exact) mass is 169 g/mol. The first kappa shape index (κ1) is 11.7. The largest absolute Gasteiger partial charge is 0.327 e. The molecule has 0 aromatic heterocycles. The Labute approximate surface area is 77.0 Å². The fraction of sp³-hybridized carbons (Fsp3) is 0.818. The Kier molecular flexibility index (Phi) is 4.54. The second-order valence-corrected chi connectivity index (χ2v) is 4.18. The van der Waals surface area contributed by atoms with Gasteiger partial charge in [-0.1, -0.05) is 46.3 Å². The molecule has 0 fully saturated rings. The molecule has 0 aromatic rings. The second kappa shape index (κ2) is 4.66. The van der Waals surface area contributed by atoms with E-state index < -0.39 is 0 Å². The highest BCUT2D eigenvalue weighted by molar-refractivity contribution is 5.18. The summed E-state index contributed by atoms with van der Waals surface area (Å²) in [6, 6.07) is 0.397. The Bertz CT molecular complexity index is 151. The van der Waals surface area contributed by atoms with Crippen LogP contribution in [0.2, 0.25) is 0 Å². The van der Waals surface area contributed by atoms with Crippen molar-refractivity contribution in [2.75, 3.05) is 0 Å². The van der Waals surface area contributed by atoms with E-state index in [1.165, 1.54) is 5.57 Å². The summed E-state index contributed by atoms with van der Waals surface area (Å²) in [5.41, 5.74) is 7.64. The molecule has 12 heavy (non-hydrogen) atoms. The van der Waals surface area contributed by atoms with Gasteiger partial charge in [-0.15, -0.1) is 0 Å². The molecule has 1 aliphatic rings. The van der Waals surface area contributed by atoms with Gasteiger partial charge in [-0.3, -0.25) is 0 Å². The van der Waals surface area contributed by atoms with Gasteiger partial charge in [0.1, 0.15) is 0 Å². The van der Waals surface area contributed by atoms with E-state index in [0.29, 0.717) is 11.5 Å². The van der Waals surface area contributed by atoms with Crippen LogP contribution in [0.4, 0.5) is 0 Å². The molecule has 0 radical (unpaired) electrons. The van der Waals surface area contributed by atoms with Gasteiger partial charge in [0.25, 0.3) is 0 Å². The average molecular weight is 169 g/mol. The van der Waals surface area contributed by atoms with E-state index in [-0.39, 0.29) is 0 Å². The molecular formula is C11H23N. The Morgan fingerprint density at radius 3 is 2.00 bits per heavy atom. The molecule has 1 nitrogen and oxygen atoms in total. The molecule has 2 N–H and O–H groups in total. The first-order valence-corrected chi connectivity index (χ1v) is 4.95. The maximum Gasteiger partial charge on any atom is 0.0111 e. The Morgan fingerprint density at radius 1 is 1.33 bits per heavy atom. The molecule has 0 aromatic carbocycles. The topological polar surface area (TPSA) is 26.0 Å². The minimum absolute atomic E-state index is 0.341. The van der Waals surface area contributed by atoms with E-state index in [9.17, 15) is 0 Å². The van der Waals surface area contributed by atoms with E-state index in [1.807, 2.05) is 13.8 Å². The zero-order valence-electron chi connectivity index (χ0n) is 9.15. The average Bonchev–Trinajstić information content (AvgIpc) is 2.39. The smallest absolute Gasteiger partial charge is 0.0111 e. The predicted molar refractivity (Wildman–Crippen MR) is 56.1 cm³/mol. The maximum atomic E-state index is 5.77. The van der Waals surface area contributed by atoms with Gasteiger partial charge >= 0.3 is 0 Å². The number of rotatable bonds is 0. The minimum Gasteiger partial charge on any atom is -0.327 e. The molecule has 1 unspecified atom stereocenters. The van der Waals surface area contributed by atoms with Crippen LogP contribution in [0.25, 0.3) is 0 Å². The van der Waals surface area contributed by atoms with Crippen LogP contribution in [-0.2, 0) is 0 Å². The van der Waals surface area contributed by atoms with Crippen LogP contribution in [0, 0.1) is 5.41 Å². The lowest BCUT2D eigenvalue weighted by molar-refractivity contribution is 0.482. The summed E-state index contributed by atoms with van der Waals surface area (Å²) in [6.07, 6.45) is 4.47. The molecule has 1 aliphatic carbocycles. The highest BCUT2D eigenvalue weighted by atomic mass is 14.6. The van der Waals surface area contributed by atoms with Crippen LogP contribution < -0.4 is 5.73 Å². The van der Waals surface area contributed by atoms with E-state index in [4.69, 9.17) is 5.73 Å². The zero-order chi connectivity index (χ0) is 9.78. The molecule has 1 heteroatoms. The van der Waals surface area contributed by atoms with Crippen LogP contribution in [0.1, 0.15) is 47.5 Å². The second-order valence-electron chi connectivity index (χ2n) is 4.18. The van der Waals surface area contributed by atoms with Crippen molar-refractivity contribution in [1.29, 1.82) is 0 Å². The van der Waals surface area contributed by atoms with Crippen LogP contribution in [0.15, 0.2) is 11.6 Å². The van der Waals surface area contributed by atoms with Gasteiger partial charge in [0.2, 0.25) is 0 Å². The number of hydrogen-bond acceptors (Lipinski definition) is 1. The van der Waals surface area contributed by atoms with E-state index in [2.05, 4.69) is 26.8 Å². The van der Waals surface area contributed by atoms with Gasteiger partial charge in [0.15, 0.2) is 0 Å². The van der Waals surface area contributed by atoms with Crippen molar-refractivity contribution in [2.45, 2.75) is 53.5 Å². The third kappa shape index (κ3) is 3.40. The summed E-state index contributed by atoms with van der Waals surface area (Å²) >= 11 is 0. The highest BCUT2D eigenvalue weighted by Gasteiger charge is 2.22. The summed E-state index contributed by atoms with van der Waals surface area (Å²) in [4.78, 5) is 0. The SMILES string of the molecule is CC.CC(C)(C)C1=CCC(N)C1. The molecule has 0 amide bonds. The van der Waals surface area contributed by atoms with E-state index >= 15 is 0 Å². The summed E-state index contributed by atoms with van der Waals surface area (Å²) < 4.78 is 0. The van der Waals surface area contributed by atoms with Gasteiger partial charge in [-0.05, 0) is 18.3 Å². The highest BCUT2D eigenvalue weighted by Crippen LogP contribution is 2.33. The standard InChI is InChI=1S/C9H17N.C2H6/c1-9(2,3)7-4-5-8(10)6-7;1-2/h4,8H,5-6,10H2,1-3H3;1-2H3. The van der Waals surface area contributed by atoms with Gasteiger partial charge < -0.3 is 5.73 Å². The fourth-order valence-corrected chi connectivity index (χ4v) is 1.36. The van der Waals surface area contributed by atoms with Gasteiger partial charge in [0, 0.05) is 6.04 Å². The van der Waals surface area contributed by atoms with Gasteiger partial charge in [0.05, 0.1) is 0 Å². The van der Waals surface area contributed by atoms with Gasteiger partial charge in [-0.25, -0.2) is 0 Å². The minimum atomic E-state index is 0.341. The predicted octanol–water partition coefficient (Wildman–Crippen LogP) is 3.11. The van der Waals surface area contributed by atoms with Crippen LogP contribution >= 0.6 is 0 Å².